The number of amides is 1. The molecule has 0 radical (unpaired) electrons. The summed E-state index contributed by atoms with van der Waals surface area (Å²) in [5.74, 6) is 1.40. The van der Waals surface area contributed by atoms with Crippen LogP contribution in [0.5, 0.6) is 5.75 Å². The average molecular weight is 299 g/mol. The summed E-state index contributed by atoms with van der Waals surface area (Å²) in [6, 6.07) is 7.72. The van der Waals surface area contributed by atoms with Crippen LogP contribution in [0.2, 0.25) is 0 Å². The van der Waals surface area contributed by atoms with Gasteiger partial charge in [-0.2, -0.15) is 0 Å². The zero-order chi connectivity index (χ0) is 13.5. The van der Waals surface area contributed by atoms with Gasteiger partial charge < -0.3 is 15.4 Å². The van der Waals surface area contributed by atoms with E-state index in [9.17, 15) is 4.79 Å². The van der Waals surface area contributed by atoms with Crippen molar-refractivity contribution in [2.75, 3.05) is 26.2 Å². The van der Waals surface area contributed by atoms with E-state index in [1.807, 2.05) is 31.2 Å². The molecular formula is C15H23ClN2O2. The van der Waals surface area contributed by atoms with Crippen LogP contribution in [0.3, 0.4) is 0 Å². The first-order valence-electron chi connectivity index (χ1n) is 6.91. The molecule has 0 bridgehead atoms. The summed E-state index contributed by atoms with van der Waals surface area (Å²) in [5, 5.41) is 6.23. The second kappa shape index (κ2) is 8.82. The summed E-state index contributed by atoms with van der Waals surface area (Å²) in [6.45, 7) is 5.02. The van der Waals surface area contributed by atoms with Crippen molar-refractivity contribution < 1.29 is 9.53 Å². The van der Waals surface area contributed by atoms with Gasteiger partial charge in [0, 0.05) is 6.54 Å². The smallest absolute Gasteiger partial charge is 0.257 e. The van der Waals surface area contributed by atoms with Crippen molar-refractivity contribution in [2.45, 2.75) is 19.8 Å². The Bertz CT molecular complexity index is 420. The molecule has 0 aliphatic carbocycles. The Morgan fingerprint density at radius 1 is 1.50 bits per heavy atom. The Balaban J connectivity index is 0.00000200. The lowest BCUT2D eigenvalue weighted by atomic mass is 10.1. The van der Waals surface area contributed by atoms with Crippen molar-refractivity contribution in [3.05, 3.63) is 29.8 Å². The van der Waals surface area contributed by atoms with Gasteiger partial charge in [0.15, 0.2) is 6.61 Å². The normalized spacial score (nSPS) is 17.4. The molecule has 1 atom stereocenters. The van der Waals surface area contributed by atoms with Crippen LogP contribution >= 0.6 is 12.4 Å². The van der Waals surface area contributed by atoms with Gasteiger partial charge in [0.1, 0.15) is 5.75 Å². The third-order valence-corrected chi connectivity index (χ3v) is 3.40. The van der Waals surface area contributed by atoms with E-state index in [1.54, 1.807) is 0 Å². The largest absolute Gasteiger partial charge is 0.484 e. The maximum absolute atomic E-state index is 11.6. The molecule has 4 nitrogen and oxygen atoms in total. The molecule has 1 fully saturated rings. The number of rotatable bonds is 6. The van der Waals surface area contributed by atoms with Crippen LogP contribution in [0.1, 0.15) is 18.4 Å². The fourth-order valence-electron chi connectivity index (χ4n) is 2.28. The van der Waals surface area contributed by atoms with Gasteiger partial charge in [-0.25, -0.2) is 0 Å². The standard InChI is InChI=1S/C15H22N2O2.ClH/c1-12-3-2-4-14(9-12)19-11-15(18)17-8-6-13-5-7-16-10-13;/h2-4,9,13,16H,5-8,10-11H2,1H3,(H,17,18);1H. The minimum Gasteiger partial charge on any atom is -0.484 e. The minimum atomic E-state index is -0.0486. The molecular weight excluding hydrogens is 276 g/mol. The van der Waals surface area contributed by atoms with Gasteiger partial charge in [-0.05, 0) is 56.5 Å². The maximum atomic E-state index is 11.6. The van der Waals surface area contributed by atoms with Crippen LogP contribution in [0.25, 0.3) is 0 Å². The topological polar surface area (TPSA) is 50.4 Å². The number of ether oxygens (including phenoxy) is 1. The molecule has 1 aliphatic heterocycles. The summed E-state index contributed by atoms with van der Waals surface area (Å²) >= 11 is 0. The number of carbonyl (C=O) groups excluding carboxylic acids is 1. The van der Waals surface area contributed by atoms with Crippen molar-refractivity contribution >= 4 is 18.3 Å². The fourth-order valence-corrected chi connectivity index (χ4v) is 2.28. The summed E-state index contributed by atoms with van der Waals surface area (Å²) in [6.07, 6.45) is 2.26. The van der Waals surface area contributed by atoms with Crippen molar-refractivity contribution in [2.24, 2.45) is 5.92 Å². The third kappa shape index (κ3) is 5.80. The van der Waals surface area contributed by atoms with Crippen LogP contribution in [0.15, 0.2) is 24.3 Å². The van der Waals surface area contributed by atoms with E-state index < -0.39 is 0 Å². The van der Waals surface area contributed by atoms with E-state index in [1.165, 1.54) is 6.42 Å². The number of hydrogen-bond donors (Lipinski definition) is 2. The van der Waals surface area contributed by atoms with E-state index in [2.05, 4.69) is 10.6 Å². The lowest BCUT2D eigenvalue weighted by Crippen LogP contribution is -2.30. The number of halogens is 1. The minimum absolute atomic E-state index is 0. The highest BCUT2D eigenvalue weighted by molar-refractivity contribution is 5.85. The van der Waals surface area contributed by atoms with E-state index in [4.69, 9.17) is 4.74 Å². The third-order valence-electron chi connectivity index (χ3n) is 3.40. The number of carbonyl (C=O) groups is 1. The van der Waals surface area contributed by atoms with Crippen molar-refractivity contribution in [1.82, 2.24) is 10.6 Å². The summed E-state index contributed by atoms with van der Waals surface area (Å²) in [4.78, 5) is 11.6. The molecule has 1 heterocycles. The van der Waals surface area contributed by atoms with Gasteiger partial charge in [-0.15, -0.1) is 12.4 Å². The quantitative estimate of drug-likeness (QED) is 0.843. The number of nitrogens with one attached hydrogen (secondary N) is 2. The Morgan fingerprint density at radius 3 is 3.05 bits per heavy atom. The molecule has 5 heteroatoms. The monoisotopic (exact) mass is 298 g/mol. The molecule has 20 heavy (non-hydrogen) atoms. The van der Waals surface area contributed by atoms with Gasteiger partial charge >= 0.3 is 0 Å². The molecule has 1 saturated heterocycles. The zero-order valence-corrected chi connectivity index (χ0v) is 12.7. The zero-order valence-electron chi connectivity index (χ0n) is 11.9. The lowest BCUT2D eigenvalue weighted by molar-refractivity contribution is -0.123. The lowest BCUT2D eigenvalue weighted by Gasteiger charge is -2.10. The molecule has 2 N–H and O–H groups in total. The van der Waals surface area contributed by atoms with Crippen LogP contribution in [-0.2, 0) is 4.79 Å². The Labute approximate surface area is 126 Å². The van der Waals surface area contributed by atoms with E-state index >= 15 is 0 Å². The van der Waals surface area contributed by atoms with Crippen LogP contribution in [0.4, 0.5) is 0 Å². The van der Waals surface area contributed by atoms with Gasteiger partial charge in [0.05, 0.1) is 0 Å². The SMILES string of the molecule is Cc1cccc(OCC(=O)NCCC2CCNC2)c1.Cl. The second-order valence-corrected chi connectivity index (χ2v) is 5.10. The Morgan fingerprint density at radius 2 is 2.35 bits per heavy atom. The van der Waals surface area contributed by atoms with Gasteiger partial charge in [0.2, 0.25) is 0 Å². The predicted molar refractivity (Wildman–Crippen MR) is 82.5 cm³/mol. The molecule has 0 aromatic heterocycles. The average Bonchev–Trinajstić information content (AvgIpc) is 2.90. The van der Waals surface area contributed by atoms with E-state index in [0.29, 0.717) is 5.92 Å². The molecule has 0 saturated carbocycles. The summed E-state index contributed by atoms with van der Waals surface area (Å²) < 4.78 is 5.45. The van der Waals surface area contributed by atoms with Gasteiger partial charge in [-0.3, -0.25) is 4.79 Å². The molecule has 112 valence electrons. The van der Waals surface area contributed by atoms with Gasteiger partial charge in [0.25, 0.3) is 5.91 Å². The molecule has 0 spiro atoms. The molecule has 1 aromatic carbocycles. The van der Waals surface area contributed by atoms with Crippen LogP contribution in [-0.4, -0.2) is 32.1 Å². The maximum Gasteiger partial charge on any atom is 0.257 e. The number of hydrogen-bond acceptors (Lipinski definition) is 3. The van der Waals surface area contributed by atoms with Crippen molar-refractivity contribution in [3.8, 4) is 5.75 Å². The van der Waals surface area contributed by atoms with E-state index in [-0.39, 0.29) is 24.9 Å². The molecule has 1 amide bonds. The second-order valence-electron chi connectivity index (χ2n) is 5.10. The Kier molecular flexibility index (Phi) is 7.41. The first-order chi connectivity index (χ1) is 9.24. The Hall–Kier alpha value is -1.26. The van der Waals surface area contributed by atoms with Crippen LogP contribution in [0, 0.1) is 12.8 Å². The van der Waals surface area contributed by atoms with Crippen LogP contribution < -0.4 is 15.4 Å². The van der Waals surface area contributed by atoms with Gasteiger partial charge in [-0.1, -0.05) is 12.1 Å². The summed E-state index contributed by atoms with van der Waals surface area (Å²) in [7, 11) is 0. The number of aryl methyl sites for hydroxylation is 1. The first kappa shape index (κ1) is 16.8. The predicted octanol–water partition coefficient (Wildman–Crippen LogP) is 1.91. The van der Waals surface area contributed by atoms with E-state index in [0.717, 1.165) is 37.4 Å². The fraction of sp³-hybridized carbons (Fsp3) is 0.533. The van der Waals surface area contributed by atoms with Crippen molar-refractivity contribution in [1.29, 1.82) is 0 Å². The molecule has 2 rings (SSSR count). The highest BCUT2D eigenvalue weighted by Crippen LogP contribution is 2.12. The first-order valence-corrected chi connectivity index (χ1v) is 6.91. The summed E-state index contributed by atoms with van der Waals surface area (Å²) in [5.41, 5.74) is 1.13. The number of benzene rings is 1. The molecule has 1 unspecified atom stereocenters. The van der Waals surface area contributed by atoms with Crippen molar-refractivity contribution in [3.63, 3.8) is 0 Å². The molecule has 1 aromatic rings. The molecule has 1 aliphatic rings. The highest BCUT2D eigenvalue weighted by atomic mass is 35.5. The highest BCUT2D eigenvalue weighted by Gasteiger charge is 2.14.